The Morgan fingerprint density at radius 1 is 1.10 bits per heavy atom. The zero-order valence-corrected chi connectivity index (χ0v) is 19.0. The fourth-order valence-electron chi connectivity index (χ4n) is 3.81. The lowest BCUT2D eigenvalue weighted by Crippen LogP contribution is -2.06. The number of aromatic nitrogens is 5. The molecule has 3 aromatic heterocycles. The molecule has 5 aromatic rings. The molecule has 0 saturated heterocycles. The van der Waals surface area contributed by atoms with Crippen molar-refractivity contribution in [2.24, 2.45) is 0 Å². The number of rotatable bonds is 5. The fraction of sp³-hybridized carbons (Fsp3) is 0.136. The van der Waals surface area contributed by atoms with Crippen LogP contribution in [0.4, 0.5) is 0 Å². The Morgan fingerprint density at radius 2 is 1.90 bits per heavy atom. The number of thioether (sulfide) groups is 1. The maximum atomic E-state index is 13.1. The Labute approximate surface area is 192 Å². The lowest BCUT2D eigenvalue weighted by molar-refractivity contribution is 0.102. The van der Waals surface area contributed by atoms with Gasteiger partial charge in [-0.2, -0.15) is 0 Å². The number of para-hydroxylation sites is 2. The van der Waals surface area contributed by atoms with Crippen LogP contribution < -0.4 is 0 Å². The van der Waals surface area contributed by atoms with E-state index in [1.165, 1.54) is 11.8 Å². The number of halogens is 2. The molecule has 6 nitrogen and oxygen atoms in total. The SMILES string of the molecule is Cc1cc(C(=O)CSc2n[nH]c3nc4ccccc4n23)c(C)n1-c1ccc(Cl)c(Cl)c1. The van der Waals surface area contributed by atoms with Gasteiger partial charge < -0.3 is 4.57 Å². The maximum absolute atomic E-state index is 13.1. The van der Waals surface area contributed by atoms with Crippen LogP contribution in [0.2, 0.25) is 10.0 Å². The molecule has 0 spiro atoms. The smallest absolute Gasteiger partial charge is 0.231 e. The largest absolute Gasteiger partial charge is 0.318 e. The molecule has 0 aliphatic rings. The van der Waals surface area contributed by atoms with E-state index in [-0.39, 0.29) is 11.5 Å². The molecule has 156 valence electrons. The summed E-state index contributed by atoms with van der Waals surface area (Å²) in [6, 6.07) is 15.2. The molecule has 0 radical (unpaired) electrons. The third-order valence-corrected chi connectivity index (χ3v) is 6.91. The highest BCUT2D eigenvalue weighted by Crippen LogP contribution is 2.29. The number of hydrogen-bond donors (Lipinski definition) is 1. The van der Waals surface area contributed by atoms with Gasteiger partial charge in [0, 0.05) is 22.6 Å². The van der Waals surface area contributed by atoms with Crippen molar-refractivity contribution in [3.8, 4) is 5.69 Å². The number of imidazole rings is 1. The topological polar surface area (TPSA) is 68.0 Å². The highest BCUT2D eigenvalue weighted by atomic mass is 35.5. The Kier molecular flexibility index (Phi) is 5.04. The van der Waals surface area contributed by atoms with E-state index in [1.807, 2.05) is 59.2 Å². The molecule has 0 aliphatic heterocycles. The number of hydrogen-bond acceptors (Lipinski definition) is 4. The quantitative estimate of drug-likeness (QED) is 0.257. The van der Waals surface area contributed by atoms with E-state index in [1.54, 1.807) is 12.1 Å². The first-order valence-electron chi connectivity index (χ1n) is 9.56. The number of nitrogens with zero attached hydrogens (tertiary/aromatic N) is 4. The average Bonchev–Trinajstić information content (AvgIpc) is 3.40. The number of benzene rings is 2. The van der Waals surface area contributed by atoms with Crippen molar-refractivity contribution in [1.29, 1.82) is 0 Å². The van der Waals surface area contributed by atoms with Crippen molar-refractivity contribution in [1.82, 2.24) is 24.1 Å². The van der Waals surface area contributed by atoms with E-state index in [0.29, 0.717) is 26.5 Å². The highest BCUT2D eigenvalue weighted by Gasteiger charge is 2.19. The van der Waals surface area contributed by atoms with E-state index < -0.39 is 0 Å². The van der Waals surface area contributed by atoms with Crippen LogP contribution in [0.5, 0.6) is 0 Å². The summed E-state index contributed by atoms with van der Waals surface area (Å²) in [5.74, 6) is 0.955. The summed E-state index contributed by atoms with van der Waals surface area (Å²) in [5, 5.41) is 8.95. The maximum Gasteiger partial charge on any atom is 0.231 e. The van der Waals surface area contributed by atoms with Crippen LogP contribution >= 0.6 is 35.0 Å². The lowest BCUT2D eigenvalue weighted by Gasteiger charge is -2.11. The van der Waals surface area contributed by atoms with Gasteiger partial charge in [0.15, 0.2) is 10.9 Å². The minimum atomic E-state index is 0.0324. The van der Waals surface area contributed by atoms with Gasteiger partial charge in [0.25, 0.3) is 0 Å². The van der Waals surface area contributed by atoms with Gasteiger partial charge in [-0.05, 0) is 50.2 Å². The van der Waals surface area contributed by atoms with E-state index in [0.717, 1.165) is 28.1 Å². The molecular weight excluding hydrogens is 453 g/mol. The predicted octanol–water partition coefficient (Wildman–Crippen LogP) is 5.90. The van der Waals surface area contributed by atoms with Gasteiger partial charge in [-0.15, -0.1) is 5.10 Å². The predicted molar refractivity (Wildman–Crippen MR) is 125 cm³/mol. The van der Waals surface area contributed by atoms with Gasteiger partial charge in [-0.1, -0.05) is 47.1 Å². The number of Topliss-reactive ketones (excluding diaryl/α,β-unsaturated/α-hetero) is 1. The van der Waals surface area contributed by atoms with Gasteiger partial charge in [-0.3, -0.25) is 9.20 Å². The van der Waals surface area contributed by atoms with Gasteiger partial charge in [-0.25, -0.2) is 10.1 Å². The number of ketones is 1. The third kappa shape index (κ3) is 3.43. The van der Waals surface area contributed by atoms with E-state index >= 15 is 0 Å². The number of fused-ring (bicyclic) bond motifs is 3. The first-order chi connectivity index (χ1) is 14.9. The van der Waals surface area contributed by atoms with Gasteiger partial charge in [0.1, 0.15) is 0 Å². The number of aromatic amines is 1. The van der Waals surface area contributed by atoms with Crippen LogP contribution in [0.25, 0.3) is 22.5 Å². The summed E-state index contributed by atoms with van der Waals surface area (Å²) >= 11 is 13.6. The van der Waals surface area contributed by atoms with Crippen LogP contribution in [0.15, 0.2) is 53.7 Å². The molecule has 0 unspecified atom stereocenters. The highest BCUT2D eigenvalue weighted by molar-refractivity contribution is 7.99. The molecular formula is C22H17Cl2N5OS. The summed E-state index contributed by atoms with van der Waals surface area (Å²) in [4.78, 5) is 17.6. The van der Waals surface area contributed by atoms with Gasteiger partial charge in [0.05, 0.1) is 26.8 Å². The van der Waals surface area contributed by atoms with Crippen LogP contribution in [-0.2, 0) is 0 Å². The first-order valence-corrected chi connectivity index (χ1v) is 11.3. The summed E-state index contributed by atoms with van der Waals surface area (Å²) in [5.41, 5.74) is 5.20. The normalized spacial score (nSPS) is 11.6. The van der Waals surface area contributed by atoms with Crippen molar-refractivity contribution >= 4 is 57.6 Å². The number of H-pyrrole nitrogens is 1. The summed E-state index contributed by atoms with van der Waals surface area (Å²) in [6.45, 7) is 3.90. The zero-order chi connectivity index (χ0) is 21.7. The van der Waals surface area contributed by atoms with Crippen molar-refractivity contribution in [2.75, 3.05) is 5.75 Å². The Balaban J connectivity index is 1.43. The molecule has 5 rings (SSSR count). The Hall–Kier alpha value is -2.74. The molecule has 0 atom stereocenters. The summed E-state index contributed by atoms with van der Waals surface area (Å²) in [6.07, 6.45) is 0. The van der Waals surface area contributed by atoms with E-state index in [4.69, 9.17) is 23.2 Å². The third-order valence-electron chi connectivity index (χ3n) is 5.23. The molecule has 1 N–H and O–H groups in total. The molecule has 0 bridgehead atoms. The zero-order valence-electron chi connectivity index (χ0n) is 16.7. The van der Waals surface area contributed by atoms with Crippen LogP contribution in [0.1, 0.15) is 21.7 Å². The second-order valence-electron chi connectivity index (χ2n) is 7.20. The van der Waals surface area contributed by atoms with E-state index in [9.17, 15) is 4.79 Å². The average molecular weight is 470 g/mol. The summed E-state index contributed by atoms with van der Waals surface area (Å²) in [7, 11) is 0. The van der Waals surface area contributed by atoms with Crippen molar-refractivity contribution in [3.63, 3.8) is 0 Å². The molecule has 9 heteroatoms. The summed E-state index contributed by atoms with van der Waals surface area (Å²) < 4.78 is 3.95. The molecule has 0 fully saturated rings. The van der Waals surface area contributed by atoms with Crippen molar-refractivity contribution < 1.29 is 4.79 Å². The number of nitrogens with one attached hydrogen (secondary N) is 1. The minimum absolute atomic E-state index is 0.0324. The Morgan fingerprint density at radius 3 is 2.71 bits per heavy atom. The van der Waals surface area contributed by atoms with Crippen LogP contribution in [0, 0.1) is 13.8 Å². The molecule has 2 aromatic carbocycles. The van der Waals surface area contributed by atoms with Crippen LogP contribution in [-0.4, -0.2) is 35.7 Å². The molecule has 3 heterocycles. The Bertz CT molecular complexity index is 1470. The van der Waals surface area contributed by atoms with Gasteiger partial charge >= 0.3 is 0 Å². The molecule has 0 aliphatic carbocycles. The first kappa shape index (κ1) is 20.2. The van der Waals surface area contributed by atoms with Gasteiger partial charge in [0.2, 0.25) is 5.78 Å². The molecule has 31 heavy (non-hydrogen) atoms. The number of carbonyl (C=O) groups is 1. The standard InChI is InChI=1S/C22H17Cl2N5OS/c1-12-9-15(13(2)28(12)14-7-8-16(23)17(24)10-14)20(30)11-31-22-27-26-21-25-18-5-3-4-6-19(18)29(21)22/h3-10H,11H2,1-2H3,(H,25,26). The monoisotopic (exact) mass is 469 g/mol. The van der Waals surface area contributed by atoms with Crippen molar-refractivity contribution in [2.45, 2.75) is 19.0 Å². The van der Waals surface area contributed by atoms with Crippen LogP contribution in [0.3, 0.4) is 0 Å². The number of carbonyl (C=O) groups excluding carboxylic acids is 1. The molecule has 0 amide bonds. The second kappa shape index (κ2) is 7.75. The lowest BCUT2D eigenvalue weighted by atomic mass is 10.2. The minimum Gasteiger partial charge on any atom is -0.318 e. The van der Waals surface area contributed by atoms with Crippen molar-refractivity contribution in [3.05, 3.63) is 75.5 Å². The van der Waals surface area contributed by atoms with E-state index in [2.05, 4.69) is 15.2 Å². The molecule has 0 saturated carbocycles. The number of aryl methyl sites for hydroxylation is 1. The fourth-order valence-corrected chi connectivity index (χ4v) is 4.95. The second-order valence-corrected chi connectivity index (χ2v) is 8.95.